The first-order valence-electron chi connectivity index (χ1n) is 10.4. The molecule has 0 saturated heterocycles. The van der Waals surface area contributed by atoms with Crippen LogP contribution in [0.25, 0.3) is 22.0 Å². The number of nitrogens with one attached hydrogen (secondary N) is 2. The van der Waals surface area contributed by atoms with Crippen molar-refractivity contribution in [3.8, 4) is 11.1 Å². The third kappa shape index (κ3) is 4.66. The predicted molar refractivity (Wildman–Crippen MR) is 138 cm³/mol. The molecule has 160 valence electrons. The van der Waals surface area contributed by atoms with E-state index >= 15 is 0 Å². The number of pyridine rings is 1. The number of carbonyl (C=O) groups excluding carboxylic acids is 1. The maximum absolute atomic E-state index is 12.4. The minimum atomic E-state index is -0.512. The molecule has 7 nitrogen and oxygen atoms in total. The van der Waals surface area contributed by atoms with Gasteiger partial charge in [0.2, 0.25) is 11.9 Å². The van der Waals surface area contributed by atoms with Crippen molar-refractivity contribution < 1.29 is 4.79 Å². The van der Waals surface area contributed by atoms with Gasteiger partial charge in [-0.3, -0.25) is 9.59 Å². The molecular formula is C24H18B3N5O2. The first-order chi connectivity index (χ1) is 16.2. The van der Waals surface area contributed by atoms with E-state index in [1.807, 2.05) is 37.3 Å². The van der Waals surface area contributed by atoms with Gasteiger partial charge in [0, 0.05) is 41.8 Å². The summed E-state index contributed by atoms with van der Waals surface area (Å²) in [5, 5.41) is 3.71. The molecule has 2 N–H and O–H groups in total. The van der Waals surface area contributed by atoms with Crippen molar-refractivity contribution in [2.45, 2.75) is 6.92 Å². The highest BCUT2D eigenvalue weighted by Crippen LogP contribution is 2.25. The Labute approximate surface area is 200 Å². The second-order valence-electron chi connectivity index (χ2n) is 7.74. The molecule has 0 aliphatic heterocycles. The van der Waals surface area contributed by atoms with E-state index < -0.39 is 5.91 Å². The Balaban J connectivity index is 1.60. The van der Waals surface area contributed by atoms with E-state index in [4.69, 9.17) is 23.5 Å². The number of anilines is 3. The number of likely N-dealkylation sites (N-methyl/N-ethyl adjacent to an activating group) is 1. The average Bonchev–Trinajstić information content (AvgIpc) is 2.82. The quantitative estimate of drug-likeness (QED) is 0.368. The zero-order valence-electron chi connectivity index (χ0n) is 18.7. The van der Waals surface area contributed by atoms with E-state index in [2.05, 4.69) is 20.3 Å². The summed E-state index contributed by atoms with van der Waals surface area (Å²) >= 11 is 0. The van der Waals surface area contributed by atoms with Crippen molar-refractivity contribution in [1.82, 2.24) is 15.0 Å². The molecule has 0 atom stereocenters. The Bertz CT molecular complexity index is 1500. The van der Waals surface area contributed by atoms with Gasteiger partial charge in [-0.15, -0.1) is 0 Å². The van der Waals surface area contributed by atoms with Crippen LogP contribution in [0.1, 0.15) is 5.56 Å². The smallest absolute Gasteiger partial charge is 0.256 e. The Morgan fingerprint density at radius 3 is 2.62 bits per heavy atom. The number of carbonyl (C=O) groups is 1. The number of nitrogens with zero attached hydrogens (tertiary/aromatic N) is 3. The lowest BCUT2D eigenvalue weighted by Crippen LogP contribution is -2.29. The maximum Gasteiger partial charge on any atom is 0.256 e. The number of rotatable bonds is 5. The molecule has 2 aromatic carbocycles. The third-order valence-corrected chi connectivity index (χ3v) is 5.37. The standard InChI is InChI=1S/C24H18B3N5O2/c1-13-8-9-28-22(33)19(13)14-6-7-18-15(10-14)12-29-24(31-18)30-16-4-3-5-17(11-16)32(2)23(34)20(25)21(26)27/h3-12H,1-2H3,(H,28,33)(H,29,30,31). The molecule has 0 aliphatic carbocycles. The second-order valence-corrected chi connectivity index (χ2v) is 7.74. The Morgan fingerprint density at radius 1 is 1.09 bits per heavy atom. The molecule has 2 aromatic heterocycles. The largest absolute Gasteiger partial charge is 0.329 e. The fraction of sp³-hybridized carbons (Fsp3) is 0.0833. The molecule has 0 aliphatic rings. The Kier molecular flexibility index (Phi) is 6.41. The molecule has 1 amide bonds. The molecule has 4 aromatic rings. The van der Waals surface area contributed by atoms with Crippen LogP contribution in [0.5, 0.6) is 0 Å². The lowest BCUT2D eigenvalue weighted by Gasteiger charge is -2.20. The number of amides is 1. The van der Waals surface area contributed by atoms with Crippen LogP contribution < -0.4 is 15.8 Å². The maximum atomic E-state index is 12.4. The summed E-state index contributed by atoms with van der Waals surface area (Å²) in [5.41, 5.74) is 3.90. The van der Waals surface area contributed by atoms with Crippen molar-refractivity contribution in [2.75, 3.05) is 17.3 Å². The molecule has 0 saturated carbocycles. The summed E-state index contributed by atoms with van der Waals surface area (Å²) in [5.74, 6) is -0.131. The summed E-state index contributed by atoms with van der Waals surface area (Å²) in [7, 11) is 18.1. The van der Waals surface area contributed by atoms with Crippen molar-refractivity contribution in [1.29, 1.82) is 0 Å². The van der Waals surface area contributed by atoms with E-state index in [9.17, 15) is 9.59 Å². The highest BCUT2D eigenvalue weighted by atomic mass is 16.2. The fourth-order valence-corrected chi connectivity index (χ4v) is 3.53. The highest BCUT2D eigenvalue weighted by Gasteiger charge is 2.14. The molecule has 0 unspecified atom stereocenters. The molecule has 4 rings (SSSR count). The van der Waals surface area contributed by atoms with Crippen LogP contribution in [0.4, 0.5) is 17.3 Å². The molecule has 0 spiro atoms. The number of benzene rings is 2. The molecular weight excluding hydrogens is 423 g/mol. The number of fused-ring (bicyclic) bond motifs is 1. The van der Waals surface area contributed by atoms with Gasteiger partial charge in [-0.1, -0.05) is 17.6 Å². The van der Waals surface area contributed by atoms with Crippen LogP contribution >= 0.6 is 0 Å². The van der Waals surface area contributed by atoms with Gasteiger partial charge in [0.15, 0.2) is 0 Å². The van der Waals surface area contributed by atoms with E-state index in [0.717, 1.165) is 16.5 Å². The molecule has 10 heteroatoms. The lowest BCUT2D eigenvalue weighted by atomic mass is 9.69. The number of aromatic nitrogens is 3. The van der Waals surface area contributed by atoms with E-state index in [-0.39, 0.29) is 16.4 Å². The van der Waals surface area contributed by atoms with Gasteiger partial charge in [-0.05, 0) is 54.4 Å². The van der Waals surface area contributed by atoms with Gasteiger partial charge in [0.05, 0.1) is 21.2 Å². The van der Waals surface area contributed by atoms with Crippen LogP contribution in [-0.4, -0.2) is 51.4 Å². The normalized spacial score (nSPS) is 10.6. The van der Waals surface area contributed by atoms with Crippen molar-refractivity contribution >= 4 is 57.7 Å². The van der Waals surface area contributed by atoms with Gasteiger partial charge in [-0.25, -0.2) is 9.97 Å². The number of aromatic amines is 1. The zero-order chi connectivity index (χ0) is 24.4. The fourth-order valence-electron chi connectivity index (χ4n) is 3.53. The number of hydrogen-bond acceptors (Lipinski definition) is 5. The SMILES string of the molecule is [B]C([B])=C([B])C(=O)N(C)c1cccc(Nc2ncc3cc(-c4c(C)cc[nH]c4=O)ccc3n2)c1. The summed E-state index contributed by atoms with van der Waals surface area (Å²) in [6, 6.07) is 14.5. The summed E-state index contributed by atoms with van der Waals surface area (Å²) in [6.45, 7) is 1.90. The monoisotopic (exact) mass is 441 g/mol. The molecule has 6 radical (unpaired) electrons. The first-order valence-corrected chi connectivity index (χ1v) is 10.4. The van der Waals surface area contributed by atoms with Gasteiger partial charge < -0.3 is 15.2 Å². The molecule has 0 bridgehead atoms. The molecule has 34 heavy (non-hydrogen) atoms. The minimum Gasteiger partial charge on any atom is -0.329 e. The average molecular weight is 441 g/mol. The second kappa shape index (κ2) is 9.43. The van der Waals surface area contributed by atoms with Crippen molar-refractivity contribution in [3.05, 3.63) is 87.7 Å². The van der Waals surface area contributed by atoms with Crippen molar-refractivity contribution in [3.63, 3.8) is 0 Å². The van der Waals surface area contributed by atoms with Gasteiger partial charge in [0.25, 0.3) is 5.56 Å². The number of aryl methyl sites for hydroxylation is 1. The van der Waals surface area contributed by atoms with Crippen molar-refractivity contribution in [2.24, 2.45) is 0 Å². The van der Waals surface area contributed by atoms with Crippen LogP contribution in [0.2, 0.25) is 0 Å². The topological polar surface area (TPSA) is 91.0 Å². The highest BCUT2D eigenvalue weighted by molar-refractivity contribution is 6.56. The Hall–Kier alpha value is -4.07. The van der Waals surface area contributed by atoms with Crippen LogP contribution in [-0.2, 0) is 4.79 Å². The zero-order valence-corrected chi connectivity index (χ0v) is 18.7. The summed E-state index contributed by atoms with van der Waals surface area (Å²) in [6.07, 6.45) is 3.32. The summed E-state index contributed by atoms with van der Waals surface area (Å²) in [4.78, 5) is 37.7. The van der Waals surface area contributed by atoms with E-state index in [1.54, 1.807) is 37.6 Å². The van der Waals surface area contributed by atoms with Crippen LogP contribution in [0, 0.1) is 6.92 Å². The van der Waals surface area contributed by atoms with Gasteiger partial charge in [-0.2, -0.15) is 5.37 Å². The van der Waals surface area contributed by atoms with Gasteiger partial charge >= 0.3 is 0 Å². The Morgan fingerprint density at radius 2 is 1.88 bits per heavy atom. The van der Waals surface area contributed by atoms with Gasteiger partial charge in [0.1, 0.15) is 7.85 Å². The first kappa shape index (κ1) is 23.1. The van der Waals surface area contributed by atoms with E-state index in [0.29, 0.717) is 28.4 Å². The lowest BCUT2D eigenvalue weighted by molar-refractivity contribution is -0.114. The summed E-state index contributed by atoms with van der Waals surface area (Å²) < 4.78 is 0. The number of hydrogen-bond donors (Lipinski definition) is 2. The van der Waals surface area contributed by atoms with E-state index in [1.165, 1.54) is 4.90 Å². The van der Waals surface area contributed by atoms with Crippen LogP contribution in [0.3, 0.4) is 0 Å². The number of H-pyrrole nitrogens is 1. The third-order valence-electron chi connectivity index (χ3n) is 5.37. The minimum absolute atomic E-state index is 0.145. The predicted octanol–water partition coefficient (Wildman–Crippen LogP) is 2.67. The molecule has 0 fully saturated rings. The van der Waals surface area contributed by atoms with Crippen LogP contribution in [0.15, 0.2) is 76.6 Å². The molecule has 2 heterocycles.